The lowest BCUT2D eigenvalue weighted by molar-refractivity contribution is -0.141. The fourth-order valence-electron chi connectivity index (χ4n) is 4.88. The second-order valence-electron chi connectivity index (χ2n) is 9.84. The molecular formula is C27H23F4N5O3. The number of amides is 1. The van der Waals surface area contributed by atoms with Crippen LogP contribution in [0.3, 0.4) is 0 Å². The molecule has 39 heavy (non-hydrogen) atoms. The third-order valence-corrected chi connectivity index (χ3v) is 7.20. The first-order valence-corrected chi connectivity index (χ1v) is 12.6. The summed E-state index contributed by atoms with van der Waals surface area (Å²) in [5.74, 6) is -0.742. The molecule has 1 amide bonds. The Morgan fingerprint density at radius 3 is 2.64 bits per heavy atom. The number of rotatable bonds is 5. The largest absolute Gasteiger partial charge is 0.490 e. The number of carbonyl (C=O) groups excluding carboxylic acids is 1. The molecule has 0 atom stereocenters. The molecular weight excluding hydrogens is 518 g/mol. The zero-order chi connectivity index (χ0) is 27.3. The number of halogens is 4. The lowest BCUT2D eigenvalue weighted by atomic mass is 9.96. The number of carbonyl (C=O) groups is 1. The highest BCUT2D eigenvalue weighted by atomic mass is 19.4. The van der Waals surface area contributed by atoms with E-state index in [1.54, 1.807) is 18.2 Å². The zero-order valence-corrected chi connectivity index (χ0v) is 20.6. The van der Waals surface area contributed by atoms with Crippen LogP contribution in [-0.2, 0) is 25.7 Å². The minimum absolute atomic E-state index is 0.0665. The van der Waals surface area contributed by atoms with E-state index in [4.69, 9.17) is 4.74 Å². The Balaban J connectivity index is 1.26. The molecule has 6 rings (SSSR count). The Morgan fingerprint density at radius 1 is 1.08 bits per heavy atom. The molecule has 12 heteroatoms. The van der Waals surface area contributed by atoms with Gasteiger partial charge in [-0.15, -0.1) is 0 Å². The molecule has 8 nitrogen and oxygen atoms in total. The van der Waals surface area contributed by atoms with E-state index in [1.165, 1.54) is 27.8 Å². The number of nitrogens with one attached hydrogen (secondary N) is 1. The number of ether oxygens (including phenoxy) is 1. The fourth-order valence-corrected chi connectivity index (χ4v) is 4.88. The van der Waals surface area contributed by atoms with Crippen LogP contribution in [0.1, 0.15) is 52.3 Å². The van der Waals surface area contributed by atoms with Gasteiger partial charge in [0.05, 0.1) is 41.5 Å². The van der Waals surface area contributed by atoms with E-state index >= 15 is 0 Å². The summed E-state index contributed by atoms with van der Waals surface area (Å²) in [6, 6.07) is 10.2. The molecule has 3 heterocycles. The van der Waals surface area contributed by atoms with Gasteiger partial charge in [-0.1, -0.05) is 6.07 Å². The summed E-state index contributed by atoms with van der Waals surface area (Å²) in [5.41, 5.74) is -0.247. The average molecular weight is 542 g/mol. The van der Waals surface area contributed by atoms with Crippen molar-refractivity contribution in [3.05, 3.63) is 86.8 Å². The highest BCUT2D eigenvalue weighted by molar-refractivity contribution is 5.95. The second kappa shape index (κ2) is 9.51. The van der Waals surface area contributed by atoms with E-state index in [1.807, 2.05) is 0 Å². The van der Waals surface area contributed by atoms with E-state index in [9.17, 15) is 27.2 Å². The molecule has 0 spiro atoms. The van der Waals surface area contributed by atoms with Gasteiger partial charge in [-0.3, -0.25) is 14.3 Å². The van der Waals surface area contributed by atoms with Crippen molar-refractivity contribution in [1.29, 1.82) is 0 Å². The molecule has 2 aromatic carbocycles. The number of hydrogen-bond acceptors (Lipinski definition) is 5. The summed E-state index contributed by atoms with van der Waals surface area (Å²) in [6.45, 7) is 0.0306. The molecule has 1 aliphatic heterocycles. The van der Waals surface area contributed by atoms with Gasteiger partial charge >= 0.3 is 6.18 Å². The summed E-state index contributed by atoms with van der Waals surface area (Å²) in [7, 11) is 0. The van der Waals surface area contributed by atoms with Crippen molar-refractivity contribution in [2.75, 3.05) is 6.54 Å². The first kappa shape index (κ1) is 25.1. The molecule has 1 aliphatic carbocycles. The van der Waals surface area contributed by atoms with Gasteiger partial charge in [0.15, 0.2) is 5.69 Å². The average Bonchev–Trinajstić information content (AvgIpc) is 3.33. The van der Waals surface area contributed by atoms with Gasteiger partial charge in [-0.25, -0.2) is 9.49 Å². The van der Waals surface area contributed by atoms with Crippen LogP contribution >= 0.6 is 0 Å². The van der Waals surface area contributed by atoms with Crippen LogP contribution in [0.2, 0.25) is 0 Å². The Bertz CT molecular complexity index is 1640. The Morgan fingerprint density at radius 2 is 1.90 bits per heavy atom. The number of aromatic amines is 1. The smallest absolute Gasteiger partial charge is 0.435 e. The minimum atomic E-state index is -4.59. The van der Waals surface area contributed by atoms with Gasteiger partial charge in [0.2, 0.25) is 0 Å². The fraction of sp³-hybridized carbons (Fsp3) is 0.333. The van der Waals surface area contributed by atoms with Gasteiger partial charge in [-0.2, -0.15) is 23.4 Å². The van der Waals surface area contributed by atoms with Crippen LogP contribution in [-0.4, -0.2) is 43.4 Å². The van der Waals surface area contributed by atoms with Crippen LogP contribution in [0, 0.1) is 5.82 Å². The summed E-state index contributed by atoms with van der Waals surface area (Å²) in [5, 5.41) is 11.3. The normalized spacial score (nSPS) is 15.7. The first-order chi connectivity index (χ1) is 18.7. The van der Waals surface area contributed by atoms with Crippen LogP contribution in [0.25, 0.3) is 10.8 Å². The first-order valence-electron chi connectivity index (χ1n) is 12.6. The van der Waals surface area contributed by atoms with Crippen molar-refractivity contribution in [3.8, 4) is 5.75 Å². The molecule has 0 radical (unpaired) electrons. The molecule has 0 unspecified atom stereocenters. The van der Waals surface area contributed by atoms with Crippen molar-refractivity contribution >= 4 is 16.7 Å². The number of benzene rings is 2. The third-order valence-electron chi connectivity index (χ3n) is 7.20. The summed E-state index contributed by atoms with van der Waals surface area (Å²) in [4.78, 5) is 26.9. The summed E-state index contributed by atoms with van der Waals surface area (Å²) in [6.07, 6.45) is -1.17. The predicted molar refractivity (Wildman–Crippen MR) is 132 cm³/mol. The maximum absolute atomic E-state index is 14.8. The van der Waals surface area contributed by atoms with E-state index in [0.29, 0.717) is 27.8 Å². The van der Waals surface area contributed by atoms with Crippen molar-refractivity contribution in [2.45, 2.75) is 51.1 Å². The number of fused-ring (bicyclic) bond motifs is 2. The molecule has 4 aromatic rings. The Hall–Kier alpha value is -4.22. The van der Waals surface area contributed by atoms with Crippen molar-refractivity contribution in [3.63, 3.8) is 0 Å². The second-order valence-corrected chi connectivity index (χ2v) is 9.84. The van der Waals surface area contributed by atoms with Gasteiger partial charge in [0.25, 0.3) is 11.5 Å². The van der Waals surface area contributed by atoms with Crippen molar-refractivity contribution in [2.24, 2.45) is 0 Å². The Kier molecular flexibility index (Phi) is 6.12. The number of H-pyrrole nitrogens is 1. The maximum Gasteiger partial charge on any atom is 0.435 e. The Labute approximate surface area is 219 Å². The number of hydrogen-bond donors (Lipinski definition) is 1. The van der Waals surface area contributed by atoms with Gasteiger partial charge in [0, 0.05) is 18.4 Å². The van der Waals surface area contributed by atoms with E-state index < -0.39 is 23.6 Å². The maximum atomic E-state index is 14.8. The molecule has 1 fully saturated rings. The van der Waals surface area contributed by atoms with Crippen molar-refractivity contribution < 1.29 is 27.1 Å². The lowest BCUT2D eigenvalue weighted by Gasteiger charge is -2.28. The number of alkyl halides is 3. The standard InChI is InChI=1S/C27H23F4N5O3/c28-22-7-4-15(10-21(22)26(38)35-8-9-36-16(14-35)12-24(34-36)27(29,30)31)11-23-20-13-18(39-17-2-1-3-17)5-6-19(20)25(37)33-32-23/h4-7,10,12-13,17H,1-3,8-9,11,14H2,(H,33,37). The van der Waals surface area contributed by atoms with Crippen molar-refractivity contribution in [1.82, 2.24) is 24.9 Å². The molecule has 2 aliphatic rings. The van der Waals surface area contributed by atoms with E-state index in [-0.39, 0.29) is 49.0 Å². The number of aromatic nitrogens is 4. The zero-order valence-electron chi connectivity index (χ0n) is 20.6. The molecule has 0 saturated heterocycles. The SMILES string of the molecule is O=C(c1cc(Cc2n[nH]c(=O)c3ccc(OC4CCC4)cc23)ccc1F)N1CCn2nc(C(F)(F)F)cc2C1. The van der Waals surface area contributed by atoms with E-state index in [2.05, 4.69) is 15.3 Å². The van der Waals surface area contributed by atoms with Crippen LogP contribution in [0.15, 0.2) is 47.3 Å². The minimum Gasteiger partial charge on any atom is -0.490 e. The van der Waals surface area contributed by atoms with Gasteiger partial charge in [-0.05, 0) is 61.2 Å². The highest BCUT2D eigenvalue weighted by Gasteiger charge is 2.36. The molecule has 1 saturated carbocycles. The third kappa shape index (κ3) is 4.86. The van der Waals surface area contributed by atoms with Gasteiger partial charge in [0.1, 0.15) is 11.6 Å². The van der Waals surface area contributed by atoms with E-state index in [0.717, 1.165) is 25.3 Å². The molecule has 0 bridgehead atoms. The summed E-state index contributed by atoms with van der Waals surface area (Å²) < 4.78 is 61.1. The quantitative estimate of drug-likeness (QED) is 0.377. The molecule has 2 aromatic heterocycles. The molecule has 1 N–H and O–H groups in total. The monoisotopic (exact) mass is 541 g/mol. The van der Waals surface area contributed by atoms with Gasteiger partial charge < -0.3 is 9.64 Å². The predicted octanol–water partition coefficient (Wildman–Crippen LogP) is 4.46. The topological polar surface area (TPSA) is 93.1 Å². The van der Waals surface area contributed by atoms with Crippen LogP contribution < -0.4 is 10.3 Å². The molecule has 202 valence electrons. The van der Waals surface area contributed by atoms with Crippen LogP contribution in [0.4, 0.5) is 17.6 Å². The summed E-state index contributed by atoms with van der Waals surface area (Å²) >= 11 is 0. The lowest BCUT2D eigenvalue weighted by Crippen LogP contribution is -2.38. The highest BCUT2D eigenvalue weighted by Crippen LogP contribution is 2.31. The van der Waals surface area contributed by atoms with Crippen LogP contribution in [0.5, 0.6) is 5.75 Å². The number of nitrogens with zero attached hydrogens (tertiary/aromatic N) is 4.